The Kier molecular flexibility index (Phi) is 3.49. The van der Waals surface area contributed by atoms with Gasteiger partial charge in [-0.25, -0.2) is 4.98 Å². The number of nitrogens with zero attached hydrogens (tertiary/aromatic N) is 2. The van der Waals surface area contributed by atoms with E-state index in [4.69, 9.17) is 12.2 Å². The van der Waals surface area contributed by atoms with Gasteiger partial charge in [-0.1, -0.05) is 12.0 Å². The second-order valence-corrected chi connectivity index (χ2v) is 3.30. The number of pyridine rings is 1. The van der Waals surface area contributed by atoms with Crippen LogP contribution in [-0.2, 0) is 0 Å². The largest absolute Gasteiger partial charge is 0.349 e. The van der Waals surface area contributed by atoms with Crippen molar-refractivity contribution in [2.45, 2.75) is 13.0 Å². The predicted octanol–water partition coefficient (Wildman–Crippen LogP) is 1.17. The molecule has 1 unspecified atom stereocenters. The van der Waals surface area contributed by atoms with Crippen LogP contribution in [0.3, 0.4) is 0 Å². The van der Waals surface area contributed by atoms with Crippen molar-refractivity contribution in [3.05, 3.63) is 23.9 Å². The highest BCUT2D eigenvalue weighted by atomic mass is 15.1. The lowest BCUT2D eigenvalue weighted by atomic mass is 10.1. The molecule has 74 valence electrons. The summed E-state index contributed by atoms with van der Waals surface area (Å²) in [6.45, 7) is 2.49. The van der Waals surface area contributed by atoms with Gasteiger partial charge in [0.15, 0.2) is 0 Å². The van der Waals surface area contributed by atoms with Gasteiger partial charge in [-0.3, -0.25) is 0 Å². The Balaban J connectivity index is 2.78. The molecule has 0 fully saturated rings. The molecule has 1 rings (SSSR count). The number of hydrogen-bond donors (Lipinski definition) is 1. The maximum absolute atomic E-state index is 5.71. The number of terminal acetylenes is 1. The molecule has 0 saturated heterocycles. The van der Waals surface area contributed by atoms with Crippen LogP contribution in [-0.4, -0.2) is 18.6 Å². The third-order valence-corrected chi connectivity index (χ3v) is 2.02. The summed E-state index contributed by atoms with van der Waals surface area (Å²) in [7, 11) is 1.91. The van der Waals surface area contributed by atoms with Gasteiger partial charge in [-0.05, 0) is 18.6 Å². The zero-order chi connectivity index (χ0) is 10.6. The third kappa shape index (κ3) is 2.48. The average molecular weight is 189 g/mol. The third-order valence-electron chi connectivity index (χ3n) is 2.02. The lowest BCUT2D eigenvalue weighted by Gasteiger charge is -2.15. The second kappa shape index (κ2) is 4.64. The Morgan fingerprint density at radius 3 is 2.79 bits per heavy atom. The van der Waals surface area contributed by atoms with Gasteiger partial charge in [0.05, 0.1) is 6.54 Å². The van der Waals surface area contributed by atoms with Gasteiger partial charge < -0.3 is 10.6 Å². The average Bonchev–Trinajstić information content (AvgIpc) is 2.18. The van der Waals surface area contributed by atoms with Crippen LogP contribution < -0.4 is 10.6 Å². The van der Waals surface area contributed by atoms with E-state index in [0.29, 0.717) is 6.54 Å². The minimum Gasteiger partial charge on any atom is -0.349 e. The molecular weight excluding hydrogens is 174 g/mol. The minimum absolute atomic E-state index is 0.0227. The van der Waals surface area contributed by atoms with Crippen LogP contribution in [0.4, 0.5) is 5.82 Å². The zero-order valence-electron chi connectivity index (χ0n) is 8.57. The fourth-order valence-electron chi connectivity index (χ4n) is 1.11. The highest BCUT2D eigenvalue weighted by Gasteiger charge is 2.02. The van der Waals surface area contributed by atoms with Gasteiger partial charge in [-0.2, -0.15) is 0 Å². The molecule has 1 heterocycles. The molecule has 1 atom stereocenters. The Bertz CT molecular complexity index is 321. The van der Waals surface area contributed by atoms with Crippen molar-refractivity contribution in [1.82, 2.24) is 4.98 Å². The Labute approximate surface area is 84.9 Å². The van der Waals surface area contributed by atoms with Crippen molar-refractivity contribution >= 4 is 5.82 Å². The highest BCUT2D eigenvalue weighted by molar-refractivity contribution is 5.40. The quantitative estimate of drug-likeness (QED) is 0.726. The molecule has 0 bridgehead atoms. The summed E-state index contributed by atoms with van der Waals surface area (Å²) in [5, 5.41) is 0. The van der Waals surface area contributed by atoms with E-state index < -0.39 is 0 Å². The van der Waals surface area contributed by atoms with E-state index in [1.807, 2.05) is 31.0 Å². The van der Waals surface area contributed by atoms with Crippen molar-refractivity contribution in [1.29, 1.82) is 0 Å². The van der Waals surface area contributed by atoms with Crippen LogP contribution in [0.25, 0.3) is 0 Å². The smallest absolute Gasteiger partial charge is 0.129 e. The SMILES string of the molecule is C#CCN(C)c1ccc(C(C)N)cn1. The molecule has 0 aliphatic heterocycles. The summed E-state index contributed by atoms with van der Waals surface area (Å²) in [6, 6.07) is 3.92. The molecular formula is C11H15N3. The molecule has 0 aliphatic carbocycles. The van der Waals surface area contributed by atoms with Crippen molar-refractivity contribution in [3.63, 3.8) is 0 Å². The van der Waals surface area contributed by atoms with E-state index in [1.165, 1.54) is 0 Å². The summed E-state index contributed by atoms with van der Waals surface area (Å²) < 4.78 is 0. The molecule has 2 N–H and O–H groups in total. The van der Waals surface area contributed by atoms with E-state index in [1.54, 1.807) is 6.20 Å². The van der Waals surface area contributed by atoms with Gasteiger partial charge in [-0.15, -0.1) is 6.42 Å². The molecule has 0 aliphatic rings. The van der Waals surface area contributed by atoms with Gasteiger partial charge in [0.25, 0.3) is 0 Å². The monoisotopic (exact) mass is 189 g/mol. The van der Waals surface area contributed by atoms with E-state index in [0.717, 1.165) is 11.4 Å². The lowest BCUT2D eigenvalue weighted by Crippen LogP contribution is -2.18. The zero-order valence-corrected chi connectivity index (χ0v) is 8.57. The van der Waals surface area contributed by atoms with E-state index >= 15 is 0 Å². The molecule has 14 heavy (non-hydrogen) atoms. The molecule has 1 aromatic heterocycles. The molecule has 0 spiro atoms. The van der Waals surface area contributed by atoms with Crippen LogP contribution in [0.2, 0.25) is 0 Å². The Hall–Kier alpha value is -1.53. The molecule has 3 heteroatoms. The number of hydrogen-bond acceptors (Lipinski definition) is 3. The van der Waals surface area contributed by atoms with E-state index in [-0.39, 0.29) is 6.04 Å². The molecule has 0 radical (unpaired) electrons. The number of rotatable bonds is 3. The van der Waals surface area contributed by atoms with Crippen LogP contribution in [0, 0.1) is 12.3 Å². The van der Waals surface area contributed by atoms with Crippen molar-refractivity contribution in [2.24, 2.45) is 5.73 Å². The molecule has 3 nitrogen and oxygen atoms in total. The van der Waals surface area contributed by atoms with E-state index in [9.17, 15) is 0 Å². The van der Waals surface area contributed by atoms with Crippen molar-refractivity contribution < 1.29 is 0 Å². The first-order valence-corrected chi connectivity index (χ1v) is 4.51. The van der Waals surface area contributed by atoms with Crippen LogP contribution >= 0.6 is 0 Å². The number of aromatic nitrogens is 1. The van der Waals surface area contributed by atoms with Gasteiger partial charge in [0.1, 0.15) is 5.82 Å². The second-order valence-electron chi connectivity index (χ2n) is 3.30. The topological polar surface area (TPSA) is 42.1 Å². The van der Waals surface area contributed by atoms with Gasteiger partial charge >= 0.3 is 0 Å². The lowest BCUT2D eigenvalue weighted by molar-refractivity contribution is 0.810. The predicted molar refractivity (Wildman–Crippen MR) is 58.9 cm³/mol. The molecule has 0 aromatic carbocycles. The summed E-state index contributed by atoms with van der Waals surface area (Å²) in [5.74, 6) is 3.43. The highest BCUT2D eigenvalue weighted by Crippen LogP contribution is 2.12. The number of nitrogens with two attached hydrogens (primary N) is 1. The van der Waals surface area contributed by atoms with Crippen LogP contribution in [0.1, 0.15) is 18.5 Å². The maximum atomic E-state index is 5.71. The van der Waals surface area contributed by atoms with Gasteiger partial charge in [0.2, 0.25) is 0 Å². The number of anilines is 1. The Morgan fingerprint density at radius 1 is 1.64 bits per heavy atom. The van der Waals surface area contributed by atoms with Crippen molar-refractivity contribution in [3.8, 4) is 12.3 Å². The fourth-order valence-corrected chi connectivity index (χ4v) is 1.11. The minimum atomic E-state index is 0.0227. The van der Waals surface area contributed by atoms with Crippen LogP contribution in [0.15, 0.2) is 18.3 Å². The van der Waals surface area contributed by atoms with Gasteiger partial charge in [0, 0.05) is 19.3 Å². The first-order valence-electron chi connectivity index (χ1n) is 4.51. The maximum Gasteiger partial charge on any atom is 0.129 e. The van der Waals surface area contributed by atoms with E-state index in [2.05, 4.69) is 10.9 Å². The molecule has 0 saturated carbocycles. The summed E-state index contributed by atoms with van der Waals surface area (Å²) >= 11 is 0. The van der Waals surface area contributed by atoms with Crippen molar-refractivity contribution in [2.75, 3.05) is 18.5 Å². The standard InChI is InChI=1S/C11H15N3/c1-4-7-14(3)11-6-5-10(8-13-11)9(2)12/h1,5-6,8-9H,7,12H2,2-3H3. The summed E-state index contributed by atoms with van der Waals surface area (Å²) in [5.41, 5.74) is 6.74. The summed E-state index contributed by atoms with van der Waals surface area (Å²) in [6.07, 6.45) is 6.99. The first kappa shape index (κ1) is 10.6. The fraction of sp³-hybridized carbons (Fsp3) is 0.364. The first-order chi connectivity index (χ1) is 6.65. The normalized spacial score (nSPS) is 11.9. The molecule has 0 amide bonds. The van der Waals surface area contributed by atoms with Crippen LogP contribution in [0.5, 0.6) is 0 Å². The Morgan fingerprint density at radius 2 is 2.36 bits per heavy atom. The summed E-state index contributed by atoms with van der Waals surface area (Å²) in [4.78, 5) is 6.18. The molecule has 1 aromatic rings.